The monoisotopic (exact) mass is 924 g/mol. The van der Waals surface area contributed by atoms with Crippen molar-refractivity contribution in [3.8, 4) is 11.1 Å². The van der Waals surface area contributed by atoms with E-state index in [2.05, 4.69) is 168 Å². The Hall–Kier alpha value is -2.97. The first-order valence-electron chi connectivity index (χ1n) is 20.6. The van der Waals surface area contributed by atoms with Crippen LogP contribution in [0.3, 0.4) is 0 Å². The van der Waals surface area contributed by atoms with Crippen LogP contribution >= 0.6 is 24.8 Å². The number of rotatable bonds is 1. The molecule has 0 nitrogen and oxygen atoms in total. The molecule has 0 amide bonds. The zero-order valence-corrected chi connectivity index (χ0v) is 42.5. The summed E-state index contributed by atoms with van der Waals surface area (Å²) in [7, 11) is 0. The fraction of sp³-hybridized carbons (Fsp3) is 0.400. The van der Waals surface area contributed by atoms with Crippen LogP contribution in [-0.4, -0.2) is 4.21 Å². The van der Waals surface area contributed by atoms with E-state index in [1.165, 1.54) is 116 Å². The summed E-state index contributed by atoms with van der Waals surface area (Å²) in [5, 5.41) is 0. The van der Waals surface area contributed by atoms with Crippen LogP contribution in [0.4, 0.5) is 8.78 Å². The summed E-state index contributed by atoms with van der Waals surface area (Å²) in [5.41, 5.74) is 16.6. The van der Waals surface area contributed by atoms with Gasteiger partial charge < -0.3 is 0 Å². The molecule has 1 unspecified atom stereocenters. The average molecular weight is 927 g/mol. The molecule has 60 heavy (non-hydrogen) atoms. The van der Waals surface area contributed by atoms with Gasteiger partial charge in [-0.15, -0.1) is 60.7 Å². The van der Waals surface area contributed by atoms with Crippen molar-refractivity contribution in [3.63, 3.8) is 0 Å². The summed E-state index contributed by atoms with van der Waals surface area (Å²) < 4.78 is 27.1. The molecule has 0 radical (unpaired) electrons. The fourth-order valence-electron chi connectivity index (χ4n) is 7.90. The molecule has 0 aromatic heterocycles. The predicted molar refractivity (Wildman–Crippen MR) is 255 cm³/mol. The van der Waals surface area contributed by atoms with E-state index in [4.69, 9.17) is 0 Å². The Morgan fingerprint density at radius 3 is 1.57 bits per heavy atom. The van der Waals surface area contributed by atoms with Crippen molar-refractivity contribution in [1.29, 1.82) is 0 Å². The molecule has 0 saturated carbocycles. The number of halogens is 4. The first-order valence-corrected chi connectivity index (χ1v) is 22.3. The van der Waals surface area contributed by atoms with Gasteiger partial charge in [0.25, 0.3) is 0 Å². The third kappa shape index (κ3) is 12.8. The molecule has 0 N–H and O–H groups in total. The topological polar surface area (TPSA) is 0 Å². The molecule has 5 heteroatoms. The van der Waals surface area contributed by atoms with Gasteiger partial charge in [0.05, 0.1) is 0 Å². The fourth-order valence-corrected chi connectivity index (χ4v) is 7.90. The zero-order chi connectivity index (χ0) is 43.4. The molecule has 4 aromatic rings. The van der Waals surface area contributed by atoms with Crippen LogP contribution in [0.5, 0.6) is 0 Å². The minimum absolute atomic E-state index is 0. The zero-order valence-electron chi connectivity index (χ0n) is 38.4. The van der Waals surface area contributed by atoms with E-state index in [0.29, 0.717) is 11.3 Å². The summed E-state index contributed by atoms with van der Waals surface area (Å²) in [6.07, 6.45) is 16.4. The van der Waals surface area contributed by atoms with Gasteiger partial charge in [-0.3, -0.25) is 20.9 Å². The van der Waals surface area contributed by atoms with E-state index >= 15 is 0 Å². The molecular weight excluding hydrogens is 861 g/mol. The van der Waals surface area contributed by atoms with Crippen molar-refractivity contribution in [2.45, 2.75) is 121 Å². The Labute approximate surface area is 390 Å². The number of benzene rings is 4. The number of allylic oxidation sites excluding steroid dienone is 8. The van der Waals surface area contributed by atoms with E-state index in [1.54, 1.807) is 24.3 Å². The minimum atomic E-state index is -0.234. The number of hydrogen-bond donors (Lipinski definition) is 0. The van der Waals surface area contributed by atoms with Crippen molar-refractivity contribution in [2.75, 3.05) is 0 Å². The van der Waals surface area contributed by atoms with Crippen molar-refractivity contribution in [1.82, 2.24) is 0 Å². The van der Waals surface area contributed by atoms with Crippen LogP contribution in [0.15, 0.2) is 96.6 Å². The van der Waals surface area contributed by atoms with Gasteiger partial charge in [-0.25, -0.2) is 11.6 Å². The van der Waals surface area contributed by atoms with Gasteiger partial charge in [0.1, 0.15) is 0 Å². The Kier molecular flexibility index (Phi) is 18.6. The van der Waals surface area contributed by atoms with E-state index in [9.17, 15) is 8.78 Å². The summed E-state index contributed by atoms with van der Waals surface area (Å²) in [4.78, 5) is 0. The second-order valence-corrected chi connectivity index (χ2v) is 19.8. The molecule has 0 saturated heterocycles. The third-order valence-corrected chi connectivity index (χ3v) is 11.1. The standard InChI is InChI=1S/C31H37.C11H17.2C6H4F.CH2.2ClH.Zr/c1-28(2,3)26-16-30(7,8)24-12-18-11-19-13-25-23(15-21(19)20(18)14-22(24)26)27(29(4,5)6)17-31(25,9)10;1-5-9-6-7-10(8-9)11(2,3)4;2*7-6-4-2-1-3-5-6;;;;/h12-16H,11H2,1-10H3;7-9H,5H2,1-4H3;2*1-2,4-5H;1H2;2*1H;/q4*-1;;;;. The van der Waals surface area contributed by atoms with Crippen LogP contribution in [0.2, 0.25) is 0 Å². The Morgan fingerprint density at radius 2 is 1.20 bits per heavy atom. The van der Waals surface area contributed by atoms with Crippen LogP contribution in [0.1, 0.15) is 137 Å². The second kappa shape index (κ2) is 20.9. The van der Waals surface area contributed by atoms with Gasteiger partial charge in [-0.1, -0.05) is 138 Å². The van der Waals surface area contributed by atoms with Gasteiger partial charge >= 0.3 is 28.4 Å². The maximum absolute atomic E-state index is 11.9. The molecule has 8 rings (SSSR count). The predicted octanol–water partition coefficient (Wildman–Crippen LogP) is 15.9. The summed E-state index contributed by atoms with van der Waals surface area (Å²) in [5.74, 6) is 0.106. The van der Waals surface area contributed by atoms with Gasteiger partial charge in [0, 0.05) is 17.0 Å². The summed E-state index contributed by atoms with van der Waals surface area (Å²) in [6, 6.07) is 27.1. The van der Waals surface area contributed by atoms with Crippen LogP contribution in [0.25, 0.3) is 22.3 Å². The van der Waals surface area contributed by atoms with Crippen LogP contribution < -0.4 is 0 Å². The summed E-state index contributed by atoms with van der Waals surface area (Å²) in [6.45, 7) is 32.3. The molecule has 0 heterocycles. The molecule has 4 aromatic carbocycles. The van der Waals surface area contributed by atoms with Crippen molar-refractivity contribution in [2.24, 2.45) is 22.2 Å². The van der Waals surface area contributed by atoms with E-state index < -0.39 is 0 Å². The van der Waals surface area contributed by atoms with E-state index in [1.807, 2.05) is 0 Å². The van der Waals surface area contributed by atoms with Gasteiger partial charge in [-0.05, 0) is 62.3 Å². The molecule has 4 aliphatic rings. The quantitative estimate of drug-likeness (QED) is 0.147. The molecular formula is C55H66Cl2F2Zr-4. The third-order valence-electron chi connectivity index (χ3n) is 11.1. The molecule has 4 aliphatic carbocycles. The van der Waals surface area contributed by atoms with Crippen molar-refractivity contribution in [3.05, 3.63) is 166 Å². The van der Waals surface area contributed by atoms with Crippen LogP contribution in [-0.2, 0) is 41.5 Å². The van der Waals surface area contributed by atoms with Crippen molar-refractivity contribution >= 4 is 40.2 Å². The first-order chi connectivity index (χ1) is 26.9. The van der Waals surface area contributed by atoms with E-state index in [0.717, 1.165) is 6.42 Å². The maximum atomic E-state index is 11.9. The molecule has 0 spiro atoms. The first kappa shape index (κ1) is 53.2. The number of fused-ring (bicyclic) bond motifs is 5. The Morgan fingerprint density at radius 1 is 0.700 bits per heavy atom. The average Bonchev–Trinajstić information content (AvgIpc) is 3.90. The molecule has 0 aliphatic heterocycles. The van der Waals surface area contributed by atoms with E-state index in [-0.39, 0.29) is 58.1 Å². The SMILES string of the molecule is CC(C)(C)C1=[C-]C(C)(C)c2cc3c(cc21)-c1cc2c(cc1C3)C(C)(C)C=C2C(C)(C)C.CCC1[C-]=CC(C(C)(C)C)=C1.Cl.Cl.Fc1c[c-]ccc1.Fc1c[c-]ccc1.[CH2]=[Zr]. The van der Waals surface area contributed by atoms with Crippen molar-refractivity contribution < 1.29 is 33.0 Å². The second-order valence-electron chi connectivity index (χ2n) is 19.8. The number of hydrogen-bond acceptors (Lipinski definition) is 0. The molecule has 0 bridgehead atoms. The molecule has 0 fully saturated rings. The Balaban J connectivity index is 0.000000348. The normalized spacial score (nSPS) is 16.9. The van der Waals surface area contributed by atoms with Gasteiger partial charge in [-0.2, -0.15) is 53.6 Å². The Bertz CT molecular complexity index is 2050. The molecule has 1 atom stereocenters. The van der Waals surface area contributed by atoms with Crippen LogP contribution in [0, 0.1) is 58.1 Å². The van der Waals surface area contributed by atoms with Gasteiger partial charge in [0.15, 0.2) is 0 Å². The summed E-state index contributed by atoms with van der Waals surface area (Å²) >= 11 is 1.30. The van der Waals surface area contributed by atoms with Gasteiger partial charge in [0.2, 0.25) is 0 Å². The molecule has 322 valence electrons.